The molecule has 0 amide bonds. The van der Waals surface area contributed by atoms with Crippen LogP contribution in [0, 0.1) is 5.92 Å². The molecule has 0 aromatic carbocycles. The second kappa shape index (κ2) is 4.70. The first kappa shape index (κ1) is 10.6. The van der Waals surface area contributed by atoms with Crippen LogP contribution in [0.15, 0.2) is 24.9 Å². The molecule has 0 atom stereocenters. The van der Waals surface area contributed by atoms with Gasteiger partial charge in [-0.1, -0.05) is 32.6 Å². The summed E-state index contributed by atoms with van der Waals surface area (Å²) in [4.78, 5) is 0. The van der Waals surface area contributed by atoms with E-state index in [9.17, 15) is 0 Å². The molecule has 1 aromatic rings. The highest BCUT2D eigenvalue weighted by Crippen LogP contribution is 1.91. The first-order chi connectivity index (χ1) is 6.65. The van der Waals surface area contributed by atoms with Crippen LogP contribution in [0.4, 0.5) is 0 Å². The Kier molecular flexibility index (Phi) is 3.57. The number of nitrogens with zero attached hydrogens (tertiary/aromatic N) is 2. The van der Waals surface area contributed by atoms with Crippen LogP contribution in [0.1, 0.15) is 20.8 Å². The number of aromatic nitrogens is 2. The van der Waals surface area contributed by atoms with E-state index in [0.717, 1.165) is 16.1 Å². The van der Waals surface area contributed by atoms with Crippen LogP contribution < -0.4 is 10.6 Å². The normalized spacial score (nSPS) is 14.4. The molecule has 0 aliphatic carbocycles. The Labute approximate surface area is 84.7 Å². The summed E-state index contributed by atoms with van der Waals surface area (Å²) < 4.78 is 0. The van der Waals surface area contributed by atoms with Gasteiger partial charge in [-0.25, -0.2) is 0 Å². The van der Waals surface area contributed by atoms with E-state index in [4.69, 9.17) is 0 Å². The molecule has 0 radical (unpaired) electrons. The van der Waals surface area contributed by atoms with Crippen LogP contribution in [0.25, 0.3) is 11.6 Å². The number of hydrogen-bond acceptors (Lipinski definition) is 2. The standard InChI is InChI=1S/C12H16N2/c1-5-10(4)12-11(8-9(2)3)6-7-13-14-12/h5-9H,1H2,2-4H3/b11-8-,12-10+. The number of allylic oxidation sites excluding steroid dienone is 1. The second-order valence-corrected chi connectivity index (χ2v) is 3.63. The third-order valence-electron chi connectivity index (χ3n) is 1.94. The Morgan fingerprint density at radius 3 is 2.79 bits per heavy atom. The topological polar surface area (TPSA) is 25.8 Å². The van der Waals surface area contributed by atoms with Crippen LogP contribution in [0.2, 0.25) is 0 Å². The van der Waals surface area contributed by atoms with Crippen LogP contribution in [-0.2, 0) is 0 Å². The Morgan fingerprint density at radius 2 is 2.21 bits per heavy atom. The summed E-state index contributed by atoms with van der Waals surface area (Å²) in [5, 5.41) is 10.1. The van der Waals surface area contributed by atoms with Gasteiger partial charge in [0.05, 0.1) is 11.5 Å². The van der Waals surface area contributed by atoms with Crippen molar-refractivity contribution in [2.45, 2.75) is 20.8 Å². The molecule has 0 saturated carbocycles. The van der Waals surface area contributed by atoms with Crippen LogP contribution >= 0.6 is 0 Å². The maximum atomic E-state index is 4.11. The fourth-order valence-corrected chi connectivity index (χ4v) is 1.24. The Bertz CT molecular complexity index is 430. The van der Waals surface area contributed by atoms with Crippen LogP contribution in [0.3, 0.4) is 0 Å². The Hall–Kier alpha value is -1.44. The summed E-state index contributed by atoms with van der Waals surface area (Å²) in [5.74, 6) is 0.510. The molecule has 0 aliphatic heterocycles. The highest BCUT2D eigenvalue weighted by Gasteiger charge is 1.92. The molecule has 1 aromatic heterocycles. The third-order valence-corrected chi connectivity index (χ3v) is 1.94. The van der Waals surface area contributed by atoms with E-state index in [1.807, 2.05) is 19.1 Å². The van der Waals surface area contributed by atoms with Crippen molar-refractivity contribution in [1.82, 2.24) is 10.2 Å². The Balaban J connectivity index is 3.53. The van der Waals surface area contributed by atoms with Crippen molar-refractivity contribution < 1.29 is 0 Å². The Morgan fingerprint density at radius 1 is 1.50 bits per heavy atom. The molecule has 0 fully saturated rings. The highest BCUT2D eigenvalue weighted by molar-refractivity contribution is 5.51. The molecular formula is C12H16N2. The molecule has 74 valence electrons. The molecule has 0 bridgehead atoms. The summed E-state index contributed by atoms with van der Waals surface area (Å²) in [6.07, 6.45) is 5.70. The molecule has 2 heteroatoms. The van der Waals surface area contributed by atoms with Crippen molar-refractivity contribution in [3.05, 3.63) is 35.5 Å². The molecular weight excluding hydrogens is 172 g/mol. The number of rotatable bonds is 2. The SMILES string of the molecule is C=C/C(C)=c1/nncc/c1=C/C(C)C. The minimum Gasteiger partial charge on any atom is -0.159 e. The first-order valence-corrected chi connectivity index (χ1v) is 4.78. The molecule has 0 saturated heterocycles. The van der Waals surface area contributed by atoms with Gasteiger partial charge in [-0.15, -0.1) is 0 Å². The zero-order chi connectivity index (χ0) is 10.6. The van der Waals surface area contributed by atoms with Crippen molar-refractivity contribution in [2.75, 3.05) is 0 Å². The van der Waals surface area contributed by atoms with Crippen molar-refractivity contribution in [3.63, 3.8) is 0 Å². The fourth-order valence-electron chi connectivity index (χ4n) is 1.24. The lowest BCUT2D eigenvalue weighted by Crippen LogP contribution is -2.30. The van der Waals surface area contributed by atoms with Gasteiger partial charge in [-0.3, -0.25) is 0 Å². The predicted octanol–water partition coefficient (Wildman–Crippen LogP) is 1.27. The molecule has 0 aliphatic rings. The van der Waals surface area contributed by atoms with Crippen LogP contribution in [-0.4, -0.2) is 10.2 Å². The zero-order valence-electron chi connectivity index (χ0n) is 8.99. The lowest BCUT2D eigenvalue weighted by atomic mass is 10.1. The monoisotopic (exact) mass is 188 g/mol. The van der Waals surface area contributed by atoms with E-state index in [1.165, 1.54) is 0 Å². The third kappa shape index (κ3) is 2.52. The van der Waals surface area contributed by atoms with Gasteiger partial charge >= 0.3 is 0 Å². The van der Waals surface area contributed by atoms with E-state index in [2.05, 4.69) is 36.7 Å². The molecule has 14 heavy (non-hydrogen) atoms. The summed E-state index contributed by atoms with van der Waals surface area (Å²) in [5.41, 5.74) is 1.06. The van der Waals surface area contributed by atoms with Gasteiger partial charge in [-0.05, 0) is 24.5 Å². The first-order valence-electron chi connectivity index (χ1n) is 4.78. The average Bonchev–Trinajstić information content (AvgIpc) is 2.16. The van der Waals surface area contributed by atoms with E-state index < -0.39 is 0 Å². The van der Waals surface area contributed by atoms with Gasteiger partial charge in [0.1, 0.15) is 0 Å². The molecule has 2 nitrogen and oxygen atoms in total. The molecule has 0 unspecified atom stereocenters. The number of hydrogen-bond donors (Lipinski definition) is 0. The van der Waals surface area contributed by atoms with Crippen molar-refractivity contribution in [1.29, 1.82) is 0 Å². The molecule has 1 rings (SSSR count). The van der Waals surface area contributed by atoms with Crippen molar-refractivity contribution >= 4 is 11.6 Å². The summed E-state index contributed by atoms with van der Waals surface area (Å²) >= 11 is 0. The summed E-state index contributed by atoms with van der Waals surface area (Å²) in [6.45, 7) is 10.0. The van der Waals surface area contributed by atoms with Gasteiger partial charge in [0.15, 0.2) is 0 Å². The maximum absolute atomic E-state index is 4.11. The lowest BCUT2D eigenvalue weighted by Gasteiger charge is -1.96. The quantitative estimate of drug-likeness (QED) is 0.698. The van der Waals surface area contributed by atoms with Crippen molar-refractivity contribution in [3.8, 4) is 0 Å². The highest BCUT2D eigenvalue weighted by atomic mass is 15.1. The molecule has 0 N–H and O–H groups in total. The maximum Gasteiger partial charge on any atom is 0.0955 e. The summed E-state index contributed by atoms with van der Waals surface area (Å²) in [6, 6.07) is 1.98. The van der Waals surface area contributed by atoms with Gasteiger partial charge in [0.25, 0.3) is 0 Å². The smallest absolute Gasteiger partial charge is 0.0955 e. The van der Waals surface area contributed by atoms with E-state index >= 15 is 0 Å². The molecule has 1 heterocycles. The van der Waals surface area contributed by atoms with Gasteiger partial charge in [-0.2, -0.15) is 10.2 Å². The average molecular weight is 188 g/mol. The lowest BCUT2D eigenvalue weighted by molar-refractivity contribution is 0.874. The zero-order valence-corrected chi connectivity index (χ0v) is 8.99. The van der Waals surface area contributed by atoms with E-state index in [0.29, 0.717) is 5.92 Å². The van der Waals surface area contributed by atoms with Gasteiger partial charge in [0, 0.05) is 5.22 Å². The minimum atomic E-state index is 0.510. The fraction of sp³-hybridized carbons (Fsp3) is 0.333. The second-order valence-electron chi connectivity index (χ2n) is 3.63. The van der Waals surface area contributed by atoms with Gasteiger partial charge in [0.2, 0.25) is 0 Å². The summed E-state index contributed by atoms with van der Waals surface area (Å²) in [7, 11) is 0. The largest absolute Gasteiger partial charge is 0.159 e. The molecule has 0 spiro atoms. The predicted molar refractivity (Wildman–Crippen MR) is 59.9 cm³/mol. The van der Waals surface area contributed by atoms with E-state index in [-0.39, 0.29) is 0 Å². The van der Waals surface area contributed by atoms with E-state index in [1.54, 1.807) is 6.20 Å². The van der Waals surface area contributed by atoms with Gasteiger partial charge < -0.3 is 0 Å². The minimum absolute atomic E-state index is 0.510. The van der Waals surface area contributed by atoms with Crippen molar-refractivity contribution in [2.24, 2.45) is 5.92 Å². The van der Waals surface area contributed by atoms with Crippen LogP contribution in [0.5, 0.6) is 0 Å².